The van der Waals surface area contributed by atoms with Gasteiger partial charge in [-0.15, -0.1) is 6.58 Å². The topological polar surface area (TPSA) is 12.5 Å². The van der Waals surface area contributed by atoms with Gasteiger partial charge in [0.05, 0.1) is 6.10 Å². The Hall–Kier alpha value is -0.340. The lowest BCUT2D eigenvalue weighted by Gasteiger charge is -2.25. The van der Waals surface area contributed by atoms with Crippen LogP contribution in [0.4, 0.5) is 0 Å². The summed E-state index contributed by atoms with van der Waals surface area (Å²) in [6.07, 6.45) is 2.31. The molecule has 64 valence electrons. The van der Waals surface area contributed by atoms with Crippen LogP contribution in [0.2, 0.25) is 0 Å². The molecule has 1 heterocycles. The number of likely N-dealkylation sites (N-methyl/N-ethyl adjacent to an activating group) is 1. The Morgan fingerprint density at radius 2 is 2.36 bits per heavy atom. The Balaban J connectivity index is 2.71. The monoisotopic (exact) mass is 155 g/mol. The number of hydrogen-bond donors (Lipinski definition) is 0. The Bertz CT molecular complexity index is 158. The van der Waals surface area contributed by atoms with E-state index >= 15 is 0 Å². The molecule has 1 rings (SSSR count). The van der Waals surface area contributed by atoms with Crippen molar-refractivity contribution in [2.24, 2.45) is 5.41 Å². The molecule has 0 N–H and O–H groups in total. The van der Waals surface area contributed by atoms with Gasteiger partial charge in [-0.1, -0.05) is 13.0 Å². The van der Waals surface area contributed by atoms with E-state index in [9.17, 15) is 0 Å². The predicted molar refractivity (Wildman–Crippen MR) is 46.6 cm³/mol. The first-order valence-electron chi connectivity index (χ1n) is 3.97. The van der Waals surface area contributed by atoms with Crippen LogP contribution in [-0.2, 0) is 4.74 Å². The molecule has 1 unspecified atom stereocenters. The zero-order valence-corrected chi connectivity index (χ0v) is 7.63. The smallest absolute Gasteiger partial charge is 0.0798 e. The average molecular weight is 155 g/mol. The summed E-state index contributed by atoms with van der Waals surface area (Å²) in [6, 6.07) is 0. The molecule has 1 saturated heterocycles. The third-order valence-corrected chi connectivity index (χ3v) is 2.57. The summed E-state index contributed by atoms with van der Waals surface area (Å²) in [4.78, 5) is 2.27. The zero-order valence-electron chi connectivity index (χ0n) is 7.63. The van der Waals surface area contributed by atoms with E-state index in [2.05, 4.69) is 25.5 Å². The maximum absolute atomic E-state index is 5.38. The van der Waals surface area contributed by atoms with Gasteiger partial charge in [-0.2, -0.15) is 0 Å². The number of rotatable bonds is 2. The molecule has 2 nitrogen and oxygen atoms in total. The summed E-state index contributed by atoms with van der Waals surface area (Å²) >= 11 is 0. The molecule has 0 aromatic heterocycles. The molecule has 0 bridgehead atoms. The average Bonchev–Trinajstić information content (AvgIpc) is 2.27. The molecule has 0 amide bonds. The highest BCUT2D eigenvalue weighted by molar-refractivity contribution is 5.04. The number of likely N-dealkylation sites (tertiary alicyclic amines) is 1. The van der Waals surface area contributed by atoms with Crippen LogP contribution >= 0.6 is 0 Å². The second-order valence-electron chi connectivity index (χ2n) is 3.63. The second-order valence-corrected chi connectivity index (χ2v) is 3.63. The minimum absolute atomic E-state index is 0.142. The van der Waals surface area contributed by atoms with Crippen LogP contribution in [-0.4, -0.2) is 38.3 Å². The van der Waals surface area contributed by atoms with Crippen LogP contribution in [0.15, 0.2) is 12.7 Å². The lowest BCUT2D eigenvalue weighted by atomic mass is 9.87. The molecule has 1 aliphatic rings. The number of methoxy groups -OCH3 is 1. The van der Waals surface area contributed by atoms with Gasteiger partial charge < -0.3 is 9.64 Å². The molecule has 0 spiro atoms. The SMILES string of the molecule is C=CC1(C)CN(C)C[C@H]1OC. The minimum atomic E-state index is 0.142. The first-order valence-corrected chi connectivity index (χ1v) is 3.97. The summed E-state index contributed by atoms with van der Waals surface area (Å²) < 4.78 is 5.38. The van der Waals surface area contributed by atoms with Gasteiger partial charge in [0.15, 0.2) is 0 Å². The van der Waals surface area contributed by atoms with E-state index in [0.717, 1.165) is 13.1 Å². The summed E-state index contributed by atoms with van der Waals surface area (Å²) in [7, 11) is 3.88. The van der Waals surface area contributed by atoms with Crippen molar-refractivity contribution in [3.05, 3.63) is 12.7 Å². The predicted octanol–water partition coefficient (Wildman–Crippen LogP) is 1.14. The molecule has 1 fully saturated rings. The normalized spacial score (nSPS) is 39.4. The quantitative estimate of drug-likeness (QED) is 0.554. The molecule has 2 atom stereocenters. The van der Waals surface area contributed by atoms with Crippen molar-refractivity contribution in [3.8, 4) is 0 Å². The van der Waals surface area contributed by atoms with Gasteiger partial charge in [-0.3, -0.25) is 0 Å². The Morgan fingerprint density at radius 3 is 2.73 bits per heavy atom. The lowest BCUT2D eigenvalue weighted by molar-refractivity contribution is 0.0569. The second kappa shape index (κ2) is 2.95. The van der Waals surface area contributed by atoms with Gasteiger partial charge >= 0.3 is 0 Å². The van der Waals surface area contributed by atoms with Gasteiger partial charge in [-0.25, -0.2) is 0 Å². The van der Waals surface area contributed by atoms with Crippen molar-refractivity contribution in [3.63, 3.8) is 0 Å². The van der Waals surface area contributed by atoms with Crippen molar-refractivity contribution >= 4 is 0 Å². The van der Waals surface area contributed by atoms with Crippen molar-refractivity contribution in [1.82, 2.24) is 4.90 Å². The molecule has 11 heavy (non-hydrogen) atoms. The highest BCUT2D eigenvalue weighted by Gasteiger charge is 2.39. The largest absolute Gasteiger partial charge is 0.379 e. The fraction of sp³-hybridized carbons (Fsp3) is 0.778. The summed E-state index contributed by atoms with van der Waals surface area (Å²) in [6.45, 7) is 8.10. The molecular weight excluding hydrogens is 138 g/mol. The van der Waals surface area contributed by atoms with Crippen molar-refractivity contribution in [1.29, 1.82) is 0 Å². The van der Waals surface area contributed by atoms with Gasteiger partial charge in [0, 0.05) is 25.6 Å². The number of ether oxygens (including phenoxy) is 1. The van der Waals surface area contributed by atoms with Crippen molar-refractivity contribution < 1.29 is 4.74 Å². The molecule has 2 heteroatoms. The Labute approximate surface area is 68.8 Å². The van der Waals surface area contributed by atoms with E-state index in [-0.39, 0.29) is 5.41 Å². The molecular formula is C9H17NO. The molecule has 0 aromatic carbocycles. The van der Waals surface area contributed by atoms with Crippen LogP contribution < -0.4 is 0 Å². The van der Waals surface area contributed by atoms with E-state index in [4.69, 9.17) is 4.74 Å². The third kappa shape index (κ3) is 1.47. The molecule has 0 aliphatic carbocycles. The standard InChI is InChI=1S/C9H17NO/c1-5-9(2)7-10(3)6-8(9)11-4/h5,8H,1,6-7H2,2-4H3/t8-,9?/m1/s1. The molecule has 0 saturated carbocycles. The van der Waals surface area contributed by atoms with Gasteiger partial charge in [0.2, 0.25) is 0 Å². The molecule has 0 radical (unpaired) electrons. The fourth-order valence-corrected chi connectivity index (χ4v) is 1.78. The molecule has 1 aliphatic heterocycles. The van der Waals surface area contributed by atoms with Crippen LogP contribution in [0.1, 0.15) is 6.92 Å². The molecule has 0 aromatic rings. The highest BCUT2D eigenvalue weighted by atomic mass is 16.5. The van der Waals surface area contributed by atoms with Crippen LogP contribution in [0, 0.1) is 5.41 Å². The van der Waals surface area contributed by atoms with E-state index in [1.54, 1.807) is 7.11 Å². The van der Waals surface area contributed by atoms with Gasteiger partial charge in [0.1, 0.15) is 0 Å². The van der Waals surface area contributed by atoms with E-state index < -0.39 is 0 Å². The lowest BCUT2D eigenvalue weighted by Crippen LogP contribution is -2.29. The fourth-order valence-electron chi connectivity index (χ4n) is 1.78. The van der Waals surface area contributed by atoms with Gasteiger partial charge in [-0.05, 0) is 7.05 Å². The number of hydrogen-bond acceptors (Lipinski definition) is 2. The Kier molecular flexibility index (Phi) is 2.35. The van der Waals surface area contributed by atoms with Crippen molar-refractivity contribution in [2.45, 2.75) is 13.0 Å². The Morgan fingerprint density at radius 1 is 1.73 bits per heavy atom. The van der Waals surface area contributed by atoms with Crippen LogP contribution in [0.25, 0.3) is 0 Å². The maximum atomic E-state index is 5.38. The zero-order chi connectivity index (χ0) is 8.48. The highest BCUT2D eigenvalue weighted by Crippen LogP contribution is 2.32. The summed E-state index contributed by atoms with van der Waals surface area (Å²) in [5.41, 5.74) is 0.142. The minimum Gasteiger partial charge on any atom is -0.379 e. The van der Waals surface area contributed by atoms with E-state index in [1.807, 2.05) is 6.08 Å². The van der Waals surface area contributed by atoms with Crippen LogP contribution in [0.5, 0.6) is 0 Å². The number of nitrogens with zero attached hydrogens (tertiary/aromatic N) is 1. The summed E-state index contributed by atoms with van der Waals surface area (Å²) in [5.74, 6) is 0. The first-order chi connectivity index (χ1) is 5.12. The van der Waals surface area contributed by atoms with E-state index in [1.165, 1.54) is 0 Å². The third-order valence-electron chi connectivity index (χ3n) is 2.57. The first kappa shape index (κ1) is 8.75. The van der Waals surface area contributed by atoms with Crippen LogP contribution in [0.3, 0.4) is 0 Å². The maximum Gasteiger partial charge on any atom is 0.0798 e. The van der Waals surface area contributed by atoms with Gasteiger partial charge in [0.25, 0.3) is 0 Å². The van der Waals surface area contributed by atoms with Crippen molar-refractivity contribution in [2.75, 3.05) is 27.2 Å². The van der Waals surface area contributed by atoms with E-state index in [0.29, 0.717) is 6.10 Å². The summed E-state index contributed by atoms with van der Waals surface area (Å²) in [5, 5.41) is 0.